The highest BCUT2D eigenvalue weighted by Gasteiger charge is 2.08. The van der Waals surface area contributed by atoms with Gasteiger partial charge in [-0.1, -0.05) is 0 Å². The van der Waals surface area contributed by atoms with Crippen molar-refractivity contribution in [3.05, 3.63) is 54.1 Å². The Hall–Kier alpha value is -2.96. The van der Waals surface area contributed by atoms with Crippen LogP contribution >= 0.6 is 0 Å². The fourth-order valence-corrected chi connectivity index (χ4v) is 1.71. The number of halogens is 2. The van der Waals surface area contributed by atoms with Gasteiger partial charge in [0.25, 0.3) is 0 Å². The molecule has 2 rings (SSSR count). The molecule has 0 spiro atoms. The van der Waals surface area contributed by atoms with E-state index < -0.39 is 17.6 Å². The zero-order chi connectivity index (χ0) is 17.5. The summed E-state index contributed by atoms with van der Waals surface area (Å²) in [7, 11) is 0. The Kier molecular flexibility index (Phi) is 5.83. The van der Waals surface area contributed by atoms with Gasteiger partial charge in [-0.2, -0.15) is 5.10 Å². The number of nitrogens with zero attached hydrogens (tertiary/aromatic N) is 1. The maximum atomic E-state index is 14.0. The summed E-state index contributed by atoms with van der Waals surface area (Å²) in [5.41, 5.74) is 3.02. The Morgan fingerprint density at radius 1 is 1.17 bits per heavy atom. The van der Waals surface area contributed by atoms with Crippen molar-refractivity contribution in [2.45, 2.75) is 13.8 Å². The van der Waals surface area contributed by atoms with E-state index in [9.17, 15) is 13.6 Å². The van der Waals surface area contributed by atoms with Crippen LogP contribution in [0.15, 0.2) is 47.6 Å². The molecule has 0 atom stereocenters. The number of carbonyl (C=O) groups excluding carboxylic acids is 1. The molecule has 5 nitrogen and oxygen atoms in total. The first-order valence-electron chi connectivity index (χ1n) is 7.20. The van der Waals surface area contributed by atoms with Crippen LogP contribution in [-0.2, 0) is 9.53 Å². The monoisotopic (exact) mass is 334 g/mol. The highest BCUT2D eigenvalue weighted by Crippen LogP contribution is 2.26. The first kappa shape index (κ1) is 17.4. The van der Waals surface area contributed by atoms with Crippen molar-refractivity contribution < 1.29 is 23.0 Å². The van der Waals surface area contributed by atoms with Crippen molar-refractivity contribution in [1.82, 2.24) is 0 Å². The number of nitrogens with one attached hydrogen (secondary N) is 1. The molecule has 2 aromatic carbocycles. The average Bonchev–Trinajstić information content (AvgIpc) is 2.57. The van der Waals surface area contributed by atoms with Crippen molar-refractivity contribution in [2.75, 3.05) is 12.0 Å². The highest BCUT2D eigenvalue weighted by molar-refractivity contribution is 6.35. The molecule has 0 aliphatic heterocycles. The van der Waals surface area contributed by atoms with E-state index in [1.165, 1.54) is 49.4 Å². The molecule has 0 saturated heterocycles. The number of carbonyl (C=O) groups is 1. The van der Waals surface area contributed by atoms with Crippen LogP contribution in [0.25, 0.3) is 0 Å². The van der Waals surface area contributed by atoms with Crippen molar-refractivity contribution in [3.8, 4) is 11.5 Å². The summed E-state index contributed by atoms with van der Waals surface area (Å²) in [6.45, 7) is 3.41. The fraction of sp³-hybridized carbons (Fsp3) is 0.176. The summed E-state index contributed by atoms with van der Waals surface area (Å²) in [6.07, 6.45) is 0. The summed E-state index contributed by atoms with van der Waals surface area (Å²) < 4.78 is 37.0. The summed E-state index contributed by atoms with van der Waals surface area (Å²) >= 11 is 0. The first-order valence-corrected chi connectivity index (χ1v) is 7.20. The van der Waals surface area contributed by atoms with Gasteiger partial charge in [-0.3, -0.25) is 5.43 Å². The van der Waals surface area contributed by atoms with E-state index in [0.717, 1.165) is 0 Å². The third-order valence-corrected chi connectivity index (χ3v) is 2.90. The number of hydrazone groups is 1. The molecule has 0 heterocycles. The minimum absolute atomic E-state index is 0.0155. The number of esters is 1. The van der Waals surface area contributed by atoms with Gasteiger partial charge in [-0.05, 0) is 50.2 Å². The lowest BCUT2D eigenvalue weighted by atomic mass is 10.3. The van der Waals surface area contributed by atoms with Gasteiger partial charge in [0.2, 0.25) is 0 Å². The van der Waals surface area contributed by atoms with Crippen LogP contribution < -0.4 is 10.2 Å². The molecule has 0 bridgehead atoms. The lowest BCUT2D eigenvalue weighted by Crippen LogP contribution is -2.15. The topological polar surface area (TPSA) is 59.9 Å². The molecule has 7 heteroatoms. The number of hydrogen-bond acceptors (Lipinski definition) is 5. The van der Waals surface area contributed by atoms with Crippen LogP contribution in [0.2, 0.25) is 0 Å². The molecule has 1 N–H and O–H groups in total. The summed E-state index contributed by atoms with van der Waals surface area (Å²) in [5.74, 6) is -1.29. The van der Waals surface area contributed by atoms with Gasteiger partial charge in [0.05, 0.1) is 12.3 Å². The highest BCUT2D eigenvalue weighted by atomic mass is 19.1. The molecule has 2 aromatic rings. The van der Waals surface area contributed by atoms with Gasteiger partial charge >= 0.3 is 5.97 Å². The van der Waals surface area contributed by atoms with Crippen LogP contribution in [0.3, 0.4) is 0 Å². The van der Waals surface area contributed by atoms with Crippen molar-refractivity contribution in [3.63, 3.8) is 0 Å². The SMILES string of the molecule is CCOC(=O)C(C)=NNc1ccc(Oc2ccc(F)cc2)c(F)c1. The first-order chi connectivity index (χ1) is 11.5. The molecular weight excluding hydrogens is 318 g/mol. The van der Waals surface area contributed by atoms with Crippen molar-refractivity contribution in [2.24, 2.45) is 5.10 Å². The number of anilines is 1. The molecule has 0 saturated carbocycles. The molecule has 24 heavy (non-hydrogen) atoms. The Morgan fingerprint density at radius 2 is 1.88 bits per heavy atom. The van der Waals surface area contributed by atoms with Crippen LogP contribution in [0.5, 0.6) is 11.5 Å². The summed E-state index contributed by atoms with van der Waals surface area (Å²) in [5, 5.41) is 3.82. The van der Waals surface area contributed by atoms with Crippen molar-refractivity contribution >= 4 is 17.4 Å². The molecule has 0 fully saturated rings. The van der Waals surface area contributed by atoms with E-state index in [2.05, 4.69) is 10.5 Å². The van der Waals surface area contributed by atoms with Gasteiger partial charge in [0.15, 0.2) is 11.6 Å². The van der Waals surface area contributed by atoms with E-state index in [1.807, 2.05) is 0 Å². The Labute approximate surface area is 137 Å². The van der Waals surface area contributed by atoms with Crippen LogP contribution in [0, 0.1) is 11.6 Å². The molecule has 0 radical (unpaired) electrons. The quantitative estimate of drug-likeness (QED) is 0.491. The van der Waals surface area contributed by atoms with Crippen LogP contribution in [0.1, 0.15) is 13.8 Å². The largest absolute Gasteiger partial charge is 0.461 e. The lowest BCUT2D eigenvalue weighted by Gasteiger charge is -2.08. The summed E-state index contributed by atoms with van der Waals surface area (Å²) in [4.78, 5) is 11.4. The third-order valence-electron chi connectivity index (χ3n) is 2.90. The number of benzene rings is 2. The Balaban J connectivity index is 2.05. The predicted octanol–water partition coefficient (Wildman–Crippen LogP) is 4.11. The van der Waals surface area contributed by atoms with Gasteiger partial charge in [-0.15, -0.1) is 0 Å². The molecule has 0 aromatic heterocycles. The predicted molar refractivity (Wildman–Crippen MR) is 86.2 cm³/mol. The van der Waals surface area contributed by atoms with E-state index in [0.29, 0.717) is 11.4 Å². The van der Waals surface area contributed by atoms with Crippen molar-refractivity contribution in [1.29, 1.82) is 0 Å². The Bertz CT molecular complexity index is 746. The second-order valence-electron chi connectivity index (χ2n) is 4.73. The van der Waals surface area contributed by atoms with E-state index in [-0.39, 0.29) is 18.1 Å². The van der Waals surface area contributed by atoms with Crippen LogP contribution in [0.4, 0.5) is 14.5 Å². The number of rotatable bonds is 6. The summed E-state index contributed by atoms with van der Waals surface area (Å²) in [6, 6.07) is 9.33. The third kappa shape index (κ3) is 4.77. The maximum Gasteiger partial charge on any atom is 0.354 e. The maximum absolute atomic E-state index is 14.0. The molecular formula is C17H16F2N2O3. The zero-order valence-electron chi connectivity index (χ0n) is 13.2. The smallest absolute Gasteiger partial charge is 0.354 e. The van der Waals surface area contributed by atoms with E-state index >= 15 is 0 Å². The van der Waals surface area contributed by atoms with Gasteiger partial charge < -0.3 is 9.47 Å². The molecule has 0 amide bonds. The fourth-order valence-electron chi connectivity index (χ4n) is 1.71. The molecule has 0 aliphatic rings. The molecule has 0 unspecified atom stereocenters. The Morgan fingerprint density at radius 3 is 2.50 bits per heavy atom. The standard InChI is InChI=1S/C17H16F2N2O3/c1-3-23-17(22)11(2)20-21-13-6-9-16(15(19)10-13)24-14-7-4-12(18)5-8-14/h4-10,21H,3H2,1-2H3. The molecule has 126 valence electrons. The van der Waals surface area contributed by atoms with Gasteiger partial charge in [0, 0.05) is 6.07 Å². The van der Waals surface area contributed by atoms with E-state index in [4.69, 9.17) is 9.47 Å². The lowest BCUT2D eigenvalue weighted by molar-refractivity contribution is -0.135. The number of hydrogen-bond donors (Lipinski definition) is 1. The zero-order valence-corrected chi connectivity index (χ0v) is 13.2. The molecule has 0 aliphatic carbocycles. The van der Waals surface area contributed by atoms with E-state index in [1.54, 1.807) is 6.92 Å². The van der Waals surface area contributed by atoms with Crippen LogP contribution in [-0.4, -0.2) is 18.3 Å². The van der Waals surface area contributed by atoms with Gasteiger partial charge in [0.1, 0.15) is 17.3 Å². The minimum Gasteiger partial charge on any atom is -0.461 e. The average molecular weight is 334 g/mol. The normalized spacial score (nSPS) is 11.1. The number of ether oxygens (including phenoxy) is 2. The minimum atomic E-state index is -0.631. The second kappa shape index (κ2) is 8.05. The second-order valence-corrected chi connectivity index (χ2v) is 4.73. The van der Waals surface area contributed by atoms with Gasteiger partial charge in [-0.25, -0.2) is 13.6 Å².